The van der Waals surface area contributed by atoms with E-state index in [0.29, 0.717) is 22.6 Å². The number of carbonyl (C=O) groups is 2. The highest BCUT2D eigenvalue weighted by molar-refractivity contribution is 9.10. The number of methoxy groups -OCH3 is 2. The van der Waals surface area contributed by atoms with Gasteiger partial charge in [0, 0.05) is 4.47 Å². The molecule has 2 aromatic carbocycles. The number of urea groups is 1. The van der Waals surface area contributed by atoms with Crippen molar-refractivity contribution in [2.75, 3.05) is 14.2 Å². The lowest BCUT2D eigenvalue weighted by Gasteiger charge is -2.29. The lowest BCUT2D eigenvalue weighted by molar-refractivity contribution is -0.136. The third-order valence-corrected chi connectivity index (χ3v) is 4.59. The van der Waals surface area contributed by atoms with E-state index in [2.05, 4.69) is 26.6 Å². The van der Waals surface area contributed by atoms with Crippen molar-refractivity contribution in [3.05, 3.63) is 69.7 Å². The summed E-state index contributed by atoms with van der Waals surface area (Å²) in [7, 11) is 2.89. The van der Waals surface area contributed by atoms with Crippen LogP contribution in [0.15, 0.2) is 58.6 Å². The summed E-state index contributed by atoms with van der Waals surface area (Å²) in [5, 5.41) is 5.52. The van der Waals surface area contributed by atoms with Crippen LogP contribution in [0, 0.1) is 0 Å². The molecule has 0 bridgehead atoms. The molecule has 2 aromatic rings. The highest BCUT2D eigenvalue weighted by Gasteiger charge is 2.34. The molecule has 2 amide bonds. The summed E-state index contributed by atoms with van der Waals surface area (Å²) in [6.45, 7) is 0. The molecule has 1 aliphatic rings. The quantitative estimate of drug-likeness (QED) is 0.748. The highest BCUT2D eigenvalue weighted by Crippen LogP contribution is 2.32. The smallest absolute Gasteiger partial charge is 0.338 e. The molecule has 6 nitrogen and oxygen atoms in total. The third-order valence-electron chi connectivity index (χ3n) is 4.06. The molecule has 0 saturated heterocycles. The molecule has 0 aromatic heterocycles. The Morgan fingerprint density at radius 1 is 1.04 bits per heavy atom. The van der Waals surface area contributed by atoms with Crippen LogP contribution in [0.4, 0.5) is 4.79 Å². The lowest BCUT2D eigenvalue weighted by Crippen LogP contribution is -2.45. The van der Waals surface area contributed by atoms with Crippen molar-refractivity contribution in [2.45, 2.75) is 6.04 Å². The van der Waals surface area contributed by atoms with Crippen LogP contribution in [-0.2, 0) is 9.53 Å². The molecule has 0 fully saturated rings. The van der Waals surface area contributed by atoms with Crippen LogP contribution in [-0.4, -0.2) is 26.2 Å². The maximum atomic E-state index is 12.5. The molecule has 0 radical (unpaired) electrons. The number of ether oxygens (including phenoxy) is 2. The molecular weight excluding hydrogens is 400 g/mol. The first kappa shape index (κ1) is 18.0. The van der Waals surface area contributed by atoms with Crippen molar-refractivity contribution in [1.82, 2.24) is 10.6 Å². The van der Waals surface area contributed by atoms with Gasteiger partial charge in [0.05, 0.1) is 31.5 Å². The molecule has 134 valence electrons. The molecule has 0 spiro atoms. The van der Waals surface area contributed by atoms with Gasteiger partial charge in [-0.15, -0.1) is 0 Å². The Morgan fingerprint density at radius 2 is 1.69 bits per heavy atom. The van der Waals surface area contributed by atoms with E-state index in [1.54, 1.807) is 31.4 Å². The SMILES string of the molecule is COC(=O)C1=C(c2ccc(OC)cc2)NC(=O)NC1c1ccc(Br)cc1. The predicted octanol–water partition coefficient (Wildman–Crippen LogP) is 3.40. The second-order valence-corrected chi connectivity index (χ2v) is 6.51. The zero-order chi connectivity index (χ0) is 18.7. The number of rotatable bonds is 4. The number of hydrogen-bond donors (Lipinski definition) is 2. The van der Waals surface area contributed by atoms with E-state index in [4.69, 9.17) is 9.47 Å². The summed E-state index contributed by atoms with van der Waals surface area (Å²) < 4.78 is 11.0. The van der Waals surface area contributed by atoms with Crippen molar-refractivity contribution >= 4 is 33.6 Å². The fraction of sp³-hybridized carbons (Fsp3) is 0.158. The number of esters is 1. The van der Waals surface area contributed by atoms with Crippen LogP contribution in [0.1, 0.15) is 17.2 Å². The van der Waals surface area contributed by atoms with Crippen LogP contribution < -0.4 is 15.4 Å². The third kappa shape index (κ3) is 3.57. The van der Waals surface area contributed by atoms with Crippen molar-refractivity contribution < 1.29 is 19.1 Å². The Labute approximate surface area is 159 Å². The Morgan fingerprint density at radius 3 is 2.27 bits per heavy atom. The van der Waals surface area contributed by atoms with Gasteiger partial charge in [0.25, 0.3) is 0 Å². The van der Waals surface area contributed by atoms with Gasteiger partial charge in [-0.05, 0) is 47.5 Å². The average molecular weight is 417 g/mol. The number of benzene rings is 2. The van der Waals surface area contributed by atoms with E-state index >= 15 is 0 Å². The van der Waals surface area contributed by atoms with Crippen LogP contribution in [0.3, 0.4) is 0 Å². The molecule has 1 aliphatic heterocycles. The molecule has 0 aliphatic carbocycles. The first-order valence-electron chi connectivity index (χ1n) is 7.83. The summed E-state index contributed by atoms with van der Waals surface area (Å²) in [6, 6.07) is 13.5. The maximum absolute atomic E-state index is 12.5. The summed E-state index contributed by atoms with van der Waals surface area (Å²) in [6.07, 6.45) is 0. The van der Waals surface area contributed by atoms with E-state index in [1.165, 1.54) is 7.11 Å². The minimum absolute atomic E-state index is 0.333. The van der Waals surface area contributed by atoms with Gasteiger partial charge < -0.3 is 20.1 Å². The second kappa shape index (κ2) is 7.61. The monoisotopic (exact) mass is 416 g/mol. The molecule has 2 N–H and O–H groups in total. The van der Waals surface area contributed by atoms with Gasteiger partial charge in [-0.1, -0.05) is 28.1 Å². The Bertz CT molecular complexity index is 860. The van der Waals surface area contributed by atoms with Crippen LogP contribution in [0.25, 0.3) is 5.70 Å². The first-order chi connectivity index (χ1) is 12.5. The molecule has 26 heavy (non-hydrogen) atoms. The molecule has 7 heteroatoms. The number of nitrogens with one attached hydrogen (secondary N) is 2. The predicted molar refractivity (Wildman–Crippen MR) is 100 cm³/mol. The fourth-order valence-corrected chi connectivity index (χ4v) is 3.05. The topological polar surface area (TPSA) is 76.7 Å². The minimum atomic E-state index is -0.624. The molecule has 1 heterocycles. The van der Waals surface area contributed by atoms with Gasteiger partial charge in [-0.3, -0.25) is 0 Å². The van der Waals surface area contributed by atoms with E-state index in [0.717, 1.165) is 10.0 Å². The van der Waals surface area contributed by atoms with Gasteiger partial charge >= 0.3 is 12.0 Å². The maximum Gasteiger partial charge on any atom is 0.338 e. The van der Waals surface area contributed by atoms with Crippen molar-refractivity contribution in [3.8, 4) is 5.75 Å². The van der Waals surface area contributed by atoms with E-state index in [9.17, 15) is 9.59 Å². The number of carbonyl (C=O) groups excluding carboxylic acids is 2. The van der Waals surface area contributed by atoms with Crippen molar-refractivity contribution in [1.29, 1.82) is 0 Å². The van der Waals surface area contributed by atoms with E-state index in [1.807, 2.05) is 24.3 Å². The molecule has 1 atom stereocenters. The van der Waals surface area contributed by atoms with Crippen LogP contribution >= 0.6 is 15.9 Å². The fourth-order valence-electron chi connectivity index (χ4n) is 2.79. The second-order valence-electron chi connectivity index (χ2n) is 5.59. The number of hydrogen-bond acceptors (Lipinski definition) is 4. The van der Waals surface area contributed by atoms with Crippen LogP contribution in [0.2, 0.25) is 0 Å². The molecular formula is C19H17BrN2O4. The Hall–Kier alpha value is -2.80. The number of amides is 2. The minimum Gasteiger partial charge on any atom is -0.497 e. The van der Waals surface area contributed by atoms with Crippen molar-refractivity contribution in [3.63, 3.8) is 0 Å². The Balaban J connectivity index is 2.15. The Kier molecular flexibility index (Phi) is 5.27. The standard InChI is InChI=1S/C19H17BrN2O4/c1-25-14-9-5-12(6-10-14)17-15(18(23)26-2)16(21-19(24)22-17)11-3-7-13(20)8-4-11/h3-10,16H,1-2H3,(H2,21,22,24). The normalized spacial score (nSPS) is 16.6. The zero-order valence-corrected chi connectivity index (χ0v) is 15.8. The van der Waals surface area contributed by atoms with E-state index in [-0.39, 0.29) is 0 Å². The van der Waals surface area contributed by atoms with Crippen molar-refractivity contribution in [2.24, 2.45) is 0 Å². The van der Waals surface area contributed by atoms with Gasteiger partial charge in [0.15, 0.2) is 0 Å². The lowest BCUT2D eigenvalue weighted by atomic mass is 9.93. The van der Waals surface area contributed by atoms with E-state index < -0.39 is 18.0 Å². The number of halogens is 1. The molecule has 0 saturated carbocycles. The van der Waals surface area contributed by atoms with Gasteiger partial charge in [0.1, 0.15) is 5.75 Å². The average Bonchev–Trinajstić information content (AvgIpc) is 2.67. The first-order valence-corrected chi connectivity index (χ1v) is 8.62. The summed E-state index contributed by atoms with van der Waals surface area (Å²) in [5.41, 5.74) is 2.20. The van der Waals surface area contributed by atoms with Gasteiger partial charge in [-0.2, -0.15) is 0 Å². The van der Waals surface area contributed by atoms with Gasteiger partial charge in [0.2, 0.25) is 0 Å². The highest BCUT2D eigenvalue weighted by atomic mass is 79.9. The molecule has 1 unspecified atom stereocenters. The largest absolute Gasteiger partial charge is 0.497 e. The summed E-state index contributed by atoms with van der Waals surface area (Å²) >= 11 is 3.39. The van der Waals surface area contributed by atoms with Crippen LogP contribution in [0.5, 0.6) is 5.75 Å². The molecule has 3 rings (SSSR count). The summed E-state index contributed by atoms with van der Waals surface area (Å²) in [4.78, 5) is 24.8. The van der Waals surface area contributed by atoms with Gasteiger partial charge in [-0.25, -0.2) is 9.59 Å². The zero-order valence-electron chi connectivity index (χ0n) is 14.2. The summed E-state index contributed by atoms with van der Waals surface area (Å²) in [5.74, 6) is 0.162.